The van der Waals surface area contributed by atoms with Crippen molar-refractivity contribution >= 4 is 23.6 Å². The van der Waals surface area contributed by atoms with Crippen molar-refractivity contribution in [1.29, 1.82) is 0 Å². The number of aliphatic carboxylic acids is 1. The molecule has 2 rings (SSSR count). The molecular weight excluding hydrogens is 278 g/mol. The van der Waals surface area contributed by atoms with Crippen LogP contribution in [0.2, 0.25) is 0 Å². The molecule has 1 heterocycles. The van der Waals surface area contributed by atoms with Gasteiger partial charge in [-0.2, -0.15) is 11.8 Å². The van der Waals surface area contributed by atoms with Gasteiger partial charge in [-0.3, -0.25) is 4.79 Å². The number of carbonyl (C=O) groups excluding carboxylic acids is 1. The zero-order valence-corrected chi connectivity index (χ0v) is 12.1. The van der Waals surface area contributed by atoms with Crippen LogP contribution in [0, 0.1) is 0 Å². The Morgan fingerprint density at radius 1 is 1.50 bits per heavy atom. The minimum Gasteiger partial charge on any atom is -0.497 e. The van der Waals surface area contributed by atoms with Gasteiger partial charge in [-0.05, 0) is 17.7 Å². The molecule has 0 saturated carbocycles. The van der Waals surface area contributed by atoms with Gasteiger partial charge >= 0.3 is 5.97 Å². The number of thioether (sulfide) groups is 1. The number of methoxy groups -OCH3 is 1. The highest BCUT2D eigenvalue weighted by molar-refractivity contribution is 7.99. The normalized spacial score (nSPS) is 18.6. The monoisotopic (exact) mass is 295 g/mol. The summed E-state index contributed by atoms with van der Waals surface area (Å²) in [5.41, 5.74) is 0.830. The summed E-state index contributed by atoms with van der Waals surface area (Å²) < 4.78 is 5.12. The van der Waals surface area contributed by atoms with Gasteiger partial charge in [0.1, 0.15) is 11.8 Å². The molecule has 20 heavy (non-hydrogen) atoms. The van der Waals surface area contributed by atoms with Crippen molar-refractivity contribution in [2.45, 2.75) is 12.5 Å². The summed E-state index contributed by atoms with van der Waals surface area (Å²) in [5, 5.41) is 9.18. The third-order valence-corrected chi connectivity index (χ3v) is 4.25. The molecule has 0 spiro atoms. The Bertz CT molecular complexity index is 506. The third-order valence-electron chi connectivity index (χ3n) is 3.22. The lowest BCUT2D eigenvalue weighted by atomic mass is 10.1. The minimum absolute atomic E-state index is 0.147. The molecular formula is C14H17NO4S. The number of hydrogen-bond donors (Lipinski definition) is 1. The Kier molecular flexibility index (Phi) is 4.89. The first-order chi connectivity index (χ1) is 9.61. The summed E-state index contributed by atoms with van der Waals surface area (Å²) in [6.45, 7) is 0.491. The predicted molar refractivity (Wildman–Crippen MR) is 77.2 cm³/mol. The quantitative estimate of drug-likeness (QED) is 0.906. The number of nitrogens with zero attached hydrogens (tertiary/aromatic N) is 1. The minimum atomic E-state index is -0.934. The molecule has 0 radical (unpaired) electrons. The van der Waals surface area contributed by atoms with Gasteiger partial charge in [0.05, 0.1) is 13.5 Å². The van der Waals surface area contributed by atoms with E-state index >= 15 is 0 Å². The molecule has 5 nitrogen and oxygen atoms in total. The number of hydrogen-bond acceptors (Lipinski definition) is 4. The van der Waals surface area contributed by atoms with E-state index in [9.17, 15) is 14.7 Å². The summed E-state index contributed by atoms with van der Waals surface area (Å²) >= 11 is 1.57. The number of carboxylic acid groups (broad SMARTS) is 1. The molecule has 1 aromatic rings. The van der Waals surface area contributed by atoms with Crippen LogP contribution in [0.4, 0.5) is 0 Å². The maximum absolute atomic E-state index is 12.3. The van der Waals surface area contributed by atoms with Crippen LogP contribution in [-0.2, 0) is 16.0 Å². The number of rotatable bonds is 4. The molecule has 1 amide bonds. The topological polar surface area (TPSA) is 66.8 Å². The fraction of sp³-hybridized carbons (Fsp3) is 0.429. The number of amides is 1. The molecule has 0 aliphatic carbocycles. The Balaban J connectivity index is 2.07. The smallest absolute Gasteiger partial charge is 0.327 e. The number of carbonyl (C=O) groups is 2. The third kappa shape index (κ3) is 3.45. The molecule has 1 atom stereocenters. The summed E-state index contributed by atoms with van der Waals surface area (Å²) in [6, 6.07) is 6.56. The molecule has 1 fully saturated rings. The van der Waals surface area contributed by atoms with Gasteiger partial charge in [-0.15, -0.1) is 0 Å². The van der Waals surface area contributed by atoms with Crippen LogP contribution in [-0.4, -0.2) is 53.1 Å². The van der Waals surface area contributed by atoms with Crippen molar-refractivity contribution in [3.05, 3.63) is 29.8 Å². The second-order valence-corrected chi connectivity index (χ2v) is 5.69. The highest BCUT2D eigenvalue weighted by Gasteiger charge is 2.32. The van der Waals surface area contributed by atoms with Crippen LogP contribution < -0.4 is 4.74 Å². The molecule has 1 aliphatic rings. The van der Waals surface area contributed by atoms with Crippen LogP contribution in [0.15, 0.2) is 24.3 Å². The van der Waals surface area contributed by atoms with E-state index in [1.807, 2.05) is 18.2 Å². The first-order valence-electron chi connectivity index (χ1n) is 6.35. The standard InChI is InChI=1S/C14H17NO4S/c1-19-11-4-2-3-10(7-11)8-13(16)15-5-6-20-9-12(15)14(17)18/h2-4,7,12H,5-6,8-9H2,1H3,(H,17,18). The van der Waals surface area contributed by atoms with Gasteiger partial charge in [-0.25, -0.2) is 4.79 Å². The average Bonchev–Trinajstić information content (AvgIpc) is 2.47. The van der Waals surface area contributed by atoms with Crippen molar-refractivity contribution in [2.75, 3.05) is 25.2 Å². The van der Waals surface area contributed by atoms with Gasteiger partial charge in [0.25, 0.3) is 0 Å². The van der Waals surface area contributed by atoms with Gasteiger partial charge in [0.15, 0.2) is 0 Å². The zero-order valence-electron chi connectivity index (χ0n) is 11.2. The highest BCUT2D eigenvalue weighted by atomic mass is 32.2. The van der Waals surface area contributed by atoms with Gasteiger partial charge < -0.3 is 14.7 Å². The van der Waals surface area contributed by atoms with Gasteiger partial charge in [0, 0.05) is 18.1 Å². The summed E-state index contributed by atoms with van der Waals surface area (Å²) in [6.07, 6.45) is 0.200. The average molecular weight is 295 g/mol. The lowest BCUT2D eigenvalue weighted by molar-refractivity contribution is -0.148. The highest BCUT2D eigenvalue weighted by Crippen LogP contribution is 2.19. The fourth-order valence-corrected chi connectivity index (χ4v) is 3.20. The maximum atomic E-state index is 12.3. The number of ether oxygens (including phenoxy) is 1. The Morgan fingerprint density at radius 2 is 2.30 bits per heavy atom. The van der Waals surface area contributed by atoms with Crippen LogP contribution in [0.25, 0.3) is 0 Å². The molecule has 108 valence electrons. The number of carboxylic acids is 1. The van der Waals surface area contributed by atoms with Gasteiger partial charge in [0.2, 0.25) is 5.91 Å². The van der Waals surface area contributed by atoms with E-state index in [1.165, 1.54) is 4.90 Å². The maximum Gasteiger partial charge on any atom is 0.327 e. The molecule has 0 aromatic heterocycles. The van der Waals surface area contributed by atoms with Crippen LogP contribution in [0.3, 0.4) is 0 Å². The van der Waals surface area contributed by atoms with Crippen LogP contribution >= 0.6 is 11.8 Å². The molecule has 6 heteroatoms. The van der Waals surface area contributed by atoms with E-state index in [4.69, 9.17) is 4.74 Å². The zero-order chi connectivity index (χ0) is 14.5. The molecule has 1 aromatic carbocycles. The molecule has 0 bridgehead atoms. The van der Waals surface area contributed by atoms with E-state index < -0.39 is 12.0 Å². The van der Waals surface area contributed by atoms with Crippen molar-refractivity contribution in [2.24, 2.45) is 0 Å². The molecule has 1 saturated heterocycles. The van der Waals surface area contributed by atoms with Gasteiger partial charge in [-0.1, -0.05) is 12.1 Å². The predicted octanol–water partition coefficient (Wildman–Crippen LogP) is 1.27. The molecule has 1 unspecified atom stereocenters. The second-order valence-electron chi connectivity index (χ2n) is 4.54. The Labute approximate surface area is 121 Å². The number of benzene rings is 1. The van der Waals surface area contributed by atoms with E-state index in [0.29, 0.717) is 18.0 Å². The summed E-state index contributed by atoms with van der Waals surface area (Å²) in [5.74, 6) is 0.855. The lowest BCUT2D eigenvalue weighted by Crippen LogP contribution is -2.50. The Morgan fingerprint density at radius 3 is 3.00 bits per heavy atom. The fourth-order valence-electron chi connectivity index (χ4n) is 2.17. The van der Waals surface area contributed by atoms with Crippen molar-refractivity contribution in [1.82, 2.24) is 4.90 Å². The Hall–Kier alpha value is -1.69. The lowest BCUT2D eigenvalue weighted by Gasteiger charge is -2.32. The first-order valence-corrected chi connectivity index (χ1v) is 7.50. The van der Waals surface area contributed by atoms with E-state index in [2.05, 4.69) is 0 Å². The largest absolute Gasteiger partial charge is 0.497 e. The van der Waals surface area contributed by atoms with Crippen molar-refractivity contribution < 1.29 is 19.4 Å². The summed E-state index contributed by atoms with van der Waals surface area (Å²) in [4.78, 5) is 25.0. The van der Waals surface area contributed by atoms with E-state index in [-0.39, 0.29) is 12.3 Å². The molecule has 1 N–H and O–H groups in total. The second kappa shape index (κ2) is 6.65. The first kappa shape index (κ1) is 14.7. The SMILES string of the molecule is COc1cccc(CC(=O)N2CCSCC2C(=O)O)c1. The summed E-state index contributed by atoms with van der Waals surface area (Å²) in [7, 11) is 1.57. The molecule has 1 aliphatic heterocycles. The van der Waals surface area contributed by atoms with Crippen LogP contribution in [0.1, 0.15) is 5.56 Å². The van der Waals surface area contributed by atoms with E-state index in [0.717, 1.165) is 11.3 Å². The van der Waals surface area contributed by atoms with Crippen molar-refractivity contribution in [3.63, 3.8) is 0 Å². The van der Waals surface area contributed by atoms with E-state index in [1.54, 1.807) is 24.9 Å². The van der Waals surface area contributed by atoms with Crippen LogP contribution in [0.5, 0.6) is 5.75 Å². The van der Waals surface area contributed by atoms with Crippen molar-refractivity contribution in [3.8, 4) is 5.75 Å².